The first kappa shape index (κ1) is 13.3. The van der Waals surface area contributed by atoms with Crippen LogP contribution in [0.25, 0.3) is 0 Å². The highest BCUT2D eigenvalue weighted by atomic mass is 16.5. The van der Waals surface area contributed by atoms with Crippen molar-refractivity contribution < 1.29 is 14.1 Å². The molecule has 0 aromatic carbocycles. The number of anilines is 1. The second-order valence-electron chi connectivity index (χ2n) is 4.56. The smallest absolute Gasteiger partial charge is 0.276 e. The Bertz CT molecular complexity index is 608. The zero-order chi connectivity index (χ0) is 14.7. The summed E-state index contributed by atoms with van der Waals surface area (Å²) in [6.45, 7) is 2.51. The summed E-state index contributed by atoms with van der Waals surface area (Å²) in [7, 11) is 1.57. The number of aromatic nitrogens is 3. The molecule has 0 bridgehead atoms. The molecule has 21 heavy (non-hydrogen) atoms. The second kappa shape index (κ2) is 5.78. The van der Waals surface area contributed by atoms with Crippen molar-refractivity contribution in [1.82, 2.24) is 20.0 Å². The normalized spacial score (nSPS) is 15.1. The maximum absolute atomic E-state index is 12.1. The molecule has 0 spiro atoms. The maximum Gasteiger partial charge on any atom is 0.276 e. The first-order chi connectivity index (χ1) is 10.3. The van der Waals surface area contributed by atoms with E-state index in [0.29, 0.717) is 43.7 Å². The van der Waals surface area contributed by atoms with Crippen molar-refractivity contribution in [3.63, 3.8) is 0 Å². The highest BCUT2D eigenvalue weighted by Gasteiger charge is 2.24. The van der Waals surface area contributed by atoms with Crippen LogP contribution in [-0.4, -0.2) is 59.2 Å². The van der Waals surface area contributed by atoms with Crippen molar-refractivity contribution in [2.45, 2.75) is 0 Å². The van der Waals surface area contributed by atoms with Gasteiger partial charge in [-0.2, -0.15) is 4.98 Å². The summed E-state index contributed by atoms with van der Waals surface area (Å²) in [6.07, 6.45) is 3.06. The van der Waals surface area contributed by atoms with E-state index < -0.39 is 0 Å². The lowest BCUT2D eigenvalue weighted by atomic mass is 10.3. The fraction of sp³-hybridized carbons (Fsp3) is 0.385. The molecule has 1 fully saturated rings. The standard InChI is InChI=1S/C13H15N5O3/c1-20-11-2-4-14-13(15-11)18-7-5-17(6-8-18)12(19)10-3-9-21-16-10/h2-4,9H,5-8H2,1H3. The Morgan fingerprint density at radius 3 is 2.76 bits per heavy atom. The van der Waals surface area contributed by atoms with E-state index in [1.807, 2.05) is 4.90 Å². The highest BCUT2D eigenvalue weighted by molar-refractivity contribution is 5.92. The van der Waals surface area contributed by atoms with Crippen LogP contribution in [0.1, 0.15) is 10.5 Å². The Morgan fingerprint density at radius 1 is 1.29 bits per heavy atom. The van der Waals surface area contributed by atoms with E-state index in [2.05, 4.69) is 15.1 Å². The first-order valence-electron chi connectivity index (χ1n) is 6.59. The Labute approximate surface area is 121 Å². The van der Waals surface area contributed by atoms with E-state index >= 15 is 0 Å². The van der Waals surface area contributed by atoms with E-state index in [1.54, 1.807) is 30.3 Å². The monoisotopic (exact) mass is 289 g/mol. The number of hydrogen-bond donors (Lipinski definition) is 0. The number of carbonyl (C=O) groups excluding carboxylic acids is 1. The average molecular weight is 289 g/mol. The van der Waals surface area contributed by atoms with E-state index in [9.17, 15) is 4.79 Å². The Hall–Kier alpha value is -2.64. The molecule has 0 N–H and O–H groups in total. The minimum Gasteiger partial charge on any atom is -0.481 e. The summed E-state index contributed by atoms with van der Waals surface area (Å²) in [5.41, 5.74) is 0.334. The van der Waals surface area contributed by atoms with Gasteiger partial charge in [0, 0.05) is 44.5 Å². The minimum absolute atomic E-state index is 0.116. The molecule has 1 aliphatic heterocycles. The summed E-state index contributed by atoms with van der Waals surface area (Å²) in [5.74, 6) is 1.03. The molecule has 0 aliphatic carbocycles. The van der Waals surface area contributed by atoms with Crippen LogP contribution in [0.2, 0.25) is 0 Å². The Morgan fingerprint density at radius 2 is 2.10 bits per heavy atom. The Balaban J connectivity index is 1.63. The number of rotatable bonds is 3. The fourth-order valence-corrected chi connectivity index (χ4v) is 2.19. The van der Waals surface area contributed by atoms with Gasteiger partial charge in [-0.1, -0.05) is 5.16 Å². The minimum atomic E-state index is -0.116. The van der Waals surface area contributed by atoms with Gasteiger partial charge in [0.05, 0.1) is 7.11 Å². The average Bonchev–Trinajstić information content (AvgIpc) is 3.09. The van der Waals surface area contributed by atoms with Crippen LogP contribution in [0.15, 0.2) is 29.1 Å². The molecule has 3 rings (SSSR count). The lowest BCUT2D eigenvalue weighted by Crippen LogP contribution is -2.49. The quantitative estimate of drug-likeness (QED) is 0.810. The highest BCUT2D eigenvalue weighted by Crippen LogP contribution is 2.15. The number of ether oxygens (including phenoxy) is 1. The van der Waals surface area contributed by atoms with Crippen LogP contribution in [0.4, 0.5) is 5.95 Å². The number of hydrogen-bond acceptors (Lipinski definition) is 7. The lowest BCUT2D eigenvalue weighted by molar-refractivity contribution is 0.0735. The molecule has 0 unspecified atom stereocenters. The van der Waals surface area contributed by atoms with Crippen LogP contribution in [-0.2, 0) is 0 Å². The van der Waals surface area contributed by atoms with Crippen LogP contribution in [0.3, 0.4) is 0 Å². The summed E-state index contributed by atoms with van der Waals surface area (Å²) in [4.78, 5) is 24.4. The molecule has 0 saturated carbocycles. The number of methoxy groups -OCH3 is 1. The van der Waals surface area contributed by atoms with Crippen LogP contribution in [0.5, 0.6) is 5.88 Å². The summed E-state index contributed by atoms with van der Waals surface area (Å²) in [6, 6.07) is 3.27. The molecule has 110 valence electrons. The van der Waals surface area contributed by atoms with Crippen molar-refractivity contribution in [3.05, 3.63) is 30.3 Å². The molecular weight excluding hydrogens is 274 g/mol. The molecule has 1 saturated heterocycles. The molecule has 0 radical (unpaired) electrons. The number of piperazine rings is 1. The zero-order valence-corrected chi connectivity index (χ0v) is 11.6. The number of nitrogens with zero attached hydrogens (tertiary/aromatic N) is 5. The van der Waals surface area contributed by atoms with Gasteiger partial charge < -0.3 is 19.1 Å². The van der Waals surface area contributed by atoms with Gasteiger partial charge in [-0.05, 0) is 0 Å². The number of amides is 1. The summed E-state index contributed by atoms with van der Waals surface area (Å²) in [5, 5.41) is 3.67. The first-order valence-corrected chi connectivity index (χ1v) is 6.59. The lowest BCUT2D eigenvalue weighted by Gasteiger charge is -2.34. The molecule has 8 nitrogen and oxygen atoms in total. The van der Waals surface area contributed by atoms with Gasteiger partial charge in [-0.15, -0.1) is 0 Å². The largest absolute Gasteiger partial charge is 0.481 e. The van der Waals surface area contributed by atoms with Gasteiger partial charge in [-0.25, -0.2) is 4.98 Å². The Kier molecular flexibility index (Phi) is 3.67. The SMILES string of the molecule is COc1ccnc(N2CCN(C(=O)c3ccon3)CC2)n1. The van der Waals surface area contributed by atoms with Crippen LogP contribution < -0.4 is 9.64 Å². The van der Waals surface area contributed by atoms with Gasteiger partial charge >= 0.3 is 0 Å². The van der Waals surface area contributed by atoms with Crippen molar-refractivity contribution in [2.24, 2.45) is 0 Å². The third-order valence-corrected chi connectivity index (χ3v) is 3.33. The van der Waals surface area contributed by atoms with Crippen molar-refractivity contribution >= 4 is 11.9 Å². The van der Waals surface area contributed by atoms with E-state index in [4.69, 9.17) is 9.26 Å². The summed E-state index contributed by atoms with van der Waals surface area (Å²) >= 11 is 0. The number of carbonyl (C=O) groups is 1. The van der Waals surface area contributed by atoms with E-state index in [0.717, 1.165) is 0 Å². The van der Waals surface area contributed by atoms with Gasteiger partial charge in [0.1, 0.15) is 6.26 Å². The fourth-order valence-electron chi connectivity index (χ4n) is 2.19. The van der Waals surface area contributed by atoms with Crippen LogP contribution in [0, 0.1) is 0 Å². The molecule has 8 heteroatoms. The molecule has 3 heterocycles. The predicted octanol–water partition coefficient (Wildman–Crippen LogP) is 0.436. The van der Waals surface area contributed by atoms with Crippen molar-refractivity contribution in [3.8, 4) is 5.88 Å². The second-order valence-corrected chi connectivity index (χ2v) is 4.56. The van der Waals surface area contributed by atoms with Crippen molar-refractivity contribution in [1.29, 1.82) is 0 Å². The van der Waals surface area contributed by atoms with Gasteiger partial charge in [0.2, 0.25) is 11.8 Å². The maximum atomic E-state index is 12.1. The topological polar surface area (TPSA) is 84.6 Å². The summed E-state index contributed by atoms with van der Waals surface area (Å²) < 4.78 is 9.79. The van der Waals surface area contributed by atoms with Crippen molar-refractivity contribution in [2.75, 3.05) is 38.2 Å². The van der Waals surface area contributed by atoms with Gasteiger partial charge in [0.25, 0.3) is 5.91 Å². The molecule has 2 aromatic heterocycles. The zero-order valence-electron chi connectivity index (χ0n) is 11.6. The molecular formula is C13H15N5O3. The third-order valence-electron chi connectivity index (χ3n) is 3.33. The molecule has 1 aliphatic rings. The third kappa shape index (κ3) is 2.78. The van der Waals surface area contributed by atoms with Crippen LogP contribution >= 0.6 is 0 Å². The molecule has 2 aromatic rings. The van der Waals surface area contributed by atoms with Gasteiger partial charge in [-0.3, -0.25) is 4.79 Å². The molecule has 1 amide bonds. The van der Waals surface area contributed by atoms with E-state index in [1.165, 1.54) is 6.26 Å². The predicted molar refractivity (Wildman–Crippen MR) is 73.2 cm³/mol. The van der Waals surface area contributed by atoms with Gasteiger partial charge in [0.15, 0.2) is 5.69 Å². The van der Waals surface area contributed by atoms with E-state index in [-0.39, 0.29) is 5.91 Å². The molecule has 0 atom stereocenters.